The summed E-state index contributed by atoms with van der Waals surface area (Å²) in [4.78, 5) is 37.1. The van der Waals surface area contributed by atoms with Gasteiger partial charge in [0, 0.05) is 12.4 Å². The van der Waals surface area contributed by atoms with E-state index in [4.69, 9.17) is 16.3 Å². The average Bonchev–Trinajstić information content (AvgIpc) is 2.71. The number of aryl methyl sites for hydroxylation is 1. The minimum absolute atomic E-state index is 0.120. The highest BCUT2D eigenvalue weighted by Crippen LogP contribution is 2.33. The number of anilines is 1. The van der Waals surface area contributed by atoms with Crippen molar-refractivity contribution < 1.29 is 27.5 Å². The Bertz CT molecular complexity index is 1240. The molecule has 11 heteroatoms. The van der Waals surface area contributed by atoms with Gasteiger partial charge in [-0.25, -0.2) is 9.48 Å². The summed E-state index contributed by atoms with van der Waals surface area (Å²) in [5, 5.41) is 6.47. The lowest BCUT2D eigenvalue weighted by Gasteiger charge is -2.16. The number of halogens is 4. The zero-order valence-electron chi connectivity index (χ0n) is 16.2. The number of aromatic nitrogens is 2. The zero-order valence-corrected chi connectivity index (χ0v) is 16.9. The molecule has 162 valence electrons. The van der Waals surface area contributed by atoms with Crippen LogP contribution in [-0.2, 0) is 22.8 Å². The van der Waals surface area contributed by atoms with Crippen LogP contribution in [0.2, 0.25) is 5.02 Å². The summed E-state index contributed by atoms with van der Waals surface area (Å²) in [7, 11) is 1.36. The van der Waals surface area contributed by atoms with Crippen molar-refractivity contribution in [2.45, 2.75) is 19.2 Å². The number of esters is 1. The van der Waals surface area contributed by atoms with E-state index in [0.29, 0.717) is 6.07 Å². The van der Waals surface area contributed by atoms with Crippen LogP contribution in [0.3, 0.4) is 0 Å². The molecule has 1 aromatic heterocycles. The molecule has 0 spiro atoms. The molecule has 1 N–H and O–H groups in total. The molecule has 3 rings (SSSR count). The summed E-state index contributed by atoms with van der Waals surface area (Å²) in [5.41, 5.74) is -1.89. The third-order valence-electron chi connectivity index (χ3n) is 4.35. The van der Waals surface area contributed by atoms with Crippen molar-refractivity contribution >= 4 is 39.9 Å². The summed E-state index contributed by atoms with van der Waals surface area (Å²) in [6.07, 6.45) is -6.02. The molecular formula is C20H15ClF3N3O4. The molecule has 0 aliphatic rings. The van der Waals surface area contributed by atoms with Gasteiger partial charge in [-0.3, -0.25) is 9.59 Å². The van der Waals surface area contributed by atoms with Gasteiger partial charge in [0.2, 0.25) is 0 Å². The van der Waals surface area contributed by atoms with Crippen molar-refractivity contribution in [1.29, 1.82) is 0 Å². The van der Waals surface area contributed by atoms with Gasteiger partial charge in [0.05, 0.1) is 21.7 Å². The number of nitrogens with zero attached hydrogens (tertiary/aromatic N) is 2. The average molecular weight is 454 g/mol. The molecule has 1 atom stereocenters. The molecule has 0 fully saturated rings. The third kappa shape index (κ3) is 4.69. The van der Waals surface area contributed by atoms with Crippen molar-refractivity contribution in [2.24, 2.45) is 7.05 Å². The van der Waals surface area contributed by atoms with Crippen molar-refractivity contribution in [3.63, 3.8) is 0 Å². The van der Waals surface area contributed by atoms with Crippen LogP contribution < -0.4 is 10.9 Å². The Morgan fingerprint density at radius 1 is 1.16 bits per heavy atom. The van der Waals surface area contributed by atoms with Gasteiger partial charge in [-0.1, -0.05) is 29.8 Å². The van der Waals surface area contributed by atoms with Crippen LogP contribution in [0.15, 0.2) is 47.3 Å². The number of alkyl halides is 3. The van der Waals surface area contributed by atoms with Gasteiger partial charge in [-0.2, -0.15) is 18.3 Å². The highest BCUT2D eigenvalue weighted by molar-refractivity contribution is 6.33. The van der Waals surface area contributed by atoms with Crippen molar-refractivity contribution in [3.8, 4) is 0 Å². The molecule has 0 saturated carbocycles. The van der Waals surface area contributed by atoms with E-state index in [1.807, 2.05) is 0 Å². The number of fused-ring (bicyclic) bond motifs is 1. The maximum absolute atomic E-state index is 12.9. The van der Waals surface area contributed by atoms with Gasteiger partial charge in [0.1, 0.15) is 0 Å². The highest BCUT2D eigenvalue weighted by atomic mass is 35.5. The molecule has 0 aliphatic carbocycles. The van der Waals surface area contributed by atoms with E-state index in [-0.39, 0.29) is 27.2 Å². The molecule has 0 radical (unpaired) electrons. The van der Waals surface area contributed by atoms with Gasteiger partial charge < -0.3 is 10.1 Å². The largest absolute Gasteiger partial charge is 0.448 e. The molecule has 31 heavy (non-hydrogen) atoms. The standard InChI is InChI=1S/C20H15ClF3N3O4/c1-10(17(28)25-15-9-11(20(22,23)24)7-8-14(15)21)31-19(30)16-12-5-3-4-6-13(12)18(29)27(2)26-16/h3-10H,1-2H3,(H,25,28). The topological polar surface area (TPSA) is 90.3 Å². The van der Waals surface area contributed by atoms with Crippen molar-refractivity contribution in [2.75, 3.05) is 5.32 Å². The molecule has 7 nitrogen and oxygen atoms in total. The monoisotopic (exact) mass is 453 g/mol. The fourth-order valence-corrected chi connectivity index (χ4v) is 2.92. The third-order valence-corrected chi connectivity index (χ3v) is 4.68. The smallest absolute Gasteiger partial charge is 0.416 e. The molecule has 0 saturated heterocycles. The van der Waals surface area contributed by atoms with Crippen LogP contribution in [0, 0.1) is 0 Å². The molecule has 0 aliphatic heterocycles. The number of hydrogen-bond donors (Lipinski definition) is 1. The van der Waals surface area contributed by atoms with E-state index in [0.717, 1.165) is 16.8 Å². The lowest BCUT2D eigenvalue weighted by atomic mass is 10.1. The second kappa shape index (κ2) is 8.38. The molecule has 1 heterocycles. The van der Waals surface area contributed by atoms with Gasteiger partial charge in [-0.15, -0.1) is 0 Å². The highest BCUT2D eigenvalue weighted by Gasteiger charge is 2.31. The second-order valence-corrected chi connectivity index (χ2v) is 6.96. The molecule has 1 amide bonds. The van der Waals surface area contributed by atoms with Crippen molar-refractivity contribution in [3.05, 3.63) is 69.1 Å². The summed E-state index contributed by atoms with van der Waals surface area (Å²) in [6.45, 7) is 1.24. The summed E-state index contributed by atoms with van der Waals surface area (Å²) < 4.78 is 44.7. The van der Waals surface area contributed by atoms with E-state index in [2.05, 4.69) is 10.4 Å². The van der Waals surface area contributed by atoms with E-state index >= 15 is 0 Å². The predicted octanol–water partition coefficient (Wildman–Crippen LogP) is 3.79. The first-order valence-corrected chi connectivity index (χ1v) is 9.21. The molecular weight excluding hydrogens is 439 g/mol. The van der Waals surface area contributed by atoms with Gasteiger partial charge in [-0.05, 0) is 31.2 Å². The number of rotatable bonds is 4. The Balaban J connectivity index is 1.81. The maximum Gasteiger partial charge on any atom is 0.416 e. The molecule has 1 unspecified atom stereocenters. The second-order valence-electron chi connectivity index (χ2n) is 6.55. The Labute approximate surface area is 178 Å². The Kier molecular flexibility index (Phi) is 6.03. The number of benzene rings is 2. The minimum atomic E-state index is -4.63. The van der Waals surface area contributed by atoms with E-state index in [9.17, 15) is 27.6 Å². The quantitative estimate of drug-likeness (QED) is 0.607. The first kappa shape index (κ1) is 22.3. The summed E-state index contributed by atoms with van der Waals surface area (Å²) in [5.74, 6) is -1.88. The van der Waals surface area contributed by atoms with Gasteiger partial charge in [0.25, 0.3) is 11.5 Å². The summed E-state index contributed by atoms with van der Waals surface area (Å²) >= 11 is 5.86. The number of nitrogens with one attached hydrogen (secondary N) is 1. The predicted molar refractivity (Wildman–Crippen MR) is 107 cm³/mol. The molecule has 0 bridgehead atoms. The number of ether oxygens (including phenoxy) is 1. The van der Waals surface area contributed by atoms with Crippen LogP contribution in [0.1, 0.15) is 23.0 Å². The van der Waals surface area contributed by atoms with E-state index in [1.54, 1.807) is 12.1 Å². The van der Waals surface area contributed by atoms with Crippen LogP contribution in [0.5, 0.6) is 0 Å². The first-order chi connectivity index (χ1) is 14.5. The van der Waals surface area contributed by atoms with Crippen LogP contribution in [-0.4, -0.2) is 27.8 Å². The van der Waals surface area contributed by atoms with Gasteiger partial charge in [0.15, 0.2) is 11.8 Å². The number of carbonyl (C=O) groups is 2. The van der Waals surface area contributed by atoms with Crippen molar-refractivity contribution in [1.82, 2.24) is 9.78 Å². The normalized spacial score (nSPS) is 12.5. The Hall–Kier alpha value is -3.40. The summed E-state index contributed by atoms with van der Waals surface area (Å²) in [6, 6.07) is 8.70. The lowest BCUT2D eigenvalue weighted by molar-refractivity contribution is -0.137. The molecule has 3 aromatic rings. The Morgan fingerprint density at radius 2 is 1.81 bits per heavy atom. The lowest BCUT2D eigenvalue weighted by Crippen LogP contribution is -2.31. The number of carbonyl (C=O) groups excluding carboxylic acids is 2. The fraction of sp³-hybridized carbons (Fsp3) is 0.200. The number of amides is 1. The van der Waals surface area contributed by atoms with Crippen LogP contribution >= 0.6 is 11.6 Å². The van der Waals surface area contributed by atoms with E-state index < -0.39 is 35.3 Å². The Morgan fingerprint density at radius 3 is 2.45 bits per heavy atom. The minimum Gasteiger partial charge on any atom is -0.448 e. The van der Waals surface area contributed by atoms with Crippen LogP contribution in [0.4, 0.5) is 18.9 Å². The zero-order chi connectivity index (χ0) is 22.9. The van der Waals surface area contributed by atoms with E-state index in [1.165, 1.54) is 26.1 Å². The van der Waals surface area contributed by atoms with Crippen LogP contribution in [0.25, 0.3) is 10.8 Å². The molecule has 2 aromatic carbocycles. The maximum atomic E-state index is 12.9. The number of hydrogen-bond acceptors (Lipinski definition) is 5. The SMILES string of the molecule is CC(OC(=O)c1nn(C)c(=O)c2ccccc12)C(=O)Nc1cc(C(F)(F)F)ccc1Cl. The first-order valence-electron chi connectivity index (χ1n) is 8.83. The van der Waals surface area contributed by atoms with Gasteiger partial charge >= 0.3 is 12.1 Å². The fourth-order valence-electron chi connectivity index (χ4n) is 2.75.